The second kappa shape index (κ2) is 10.4. The topological polar surface area (TPSA) is 107 Å². The number of carboxylic acids is 1. The van der Waals surface area contributed by atoms with Gasteiger partial charge in [-0.15, -0.1) is 13.2 Å². The second-order valence-electron chi connectivity index (χ2n) is 6.05. The summed E-state index contributed by atoms with van der Waals surface area (Å²) in [5, 5.41) is 8.89. The molecular weight excluding hydrogens is 362 g/mol. The molecule has 1 rings (SSSR count). The van der Waals surface area contributed by atoms with Crippen molar-refractivity contribution in [2.45, 2.75) is 6.10 Å². The monoisotopic (exact) mass is 389 g/mol. The van der Waals surface area contributed by atoms with Gasteiger partial charge in [-0.25, -0.2) is 8.42 Å². The van der Waals surface area contributed by atoms with Crippen LogP contribution in [0.2, 0.25) is 0 Å². The molecular formula is C16H27N3O6S. The van der Waals surface area contributed by atoms with E-state index in [1.807, 2.05) is 4.90 Å². The van der Waals surface area contributed by atoms with E-state index in [1.165, 1.54) is 0 Å². The summed E-state index contributed by atoms with van der Waals surface area (Å²) in [4.78, 5) is 26.8. The van der Waals surface area contributed by atoms with Crippen LogP contribution in [-0.4, -0.2) is 104 Å². The number of morpholine rings is 1. The summed E-state index contributed by atoms with van der Waals surface area (Å²) in [6.07, 6.45) is 3.74. The van der Waals surface area contributed by atoms with E-state index in [0.717, 1.165) is 10.6 Å². The molecule has 1 fully saturated rings. The molecule has 0 bridgehead atoms. The summed E-state index contributed by atoms with van der Waals surface area (Å²) in [5.41, 5.74) is 0. The van der Waals surface area contributed by atoms with Gasteiger partial charge in [-0.3, -0.25) is 14.5 Å². The molecule has 148 valence electrons. The normalized spacial score (nSPS) is 18.5. The van der Waals surface area contributed by atoms with E-state index < -0.39 is 28.6 Å². The molecule has 0 aliphatic carbocycles. The summed E-state index contributed by atoms with van der Waals surface area (Å²) in [6, 6.07) is 0. The van der Waals surface area contributed by atoms with Crippen LogP contribution in [0, 0.1) is 0 Å². The summed E-state index contributed by atoms with van der Waals surface area (Å²) in [7, 11) is -3.67. The third-order valence-electron chi connectivity index (χ3n) is 3.82. The maximum absolute atomic E-state index is 12.4. The van der Waals surface area contributed by atoms with Crippen LogP contribution in [0.4, 0.5) is 0 Å². The number of carbonyl (C=O) groups is 2. The predicted octanol–water partition coefficient (Wildman–Crippen LogP) is -0.766. The number of hydrogen-bond acceptors (Lipinski definition) is 6. The first-order valence-electron chi connectivity index (χ1n) is 8.17. The molecule has 1 unspecified atom stereocenters. The smallest absolute Gasteiger partial charge is 0.318 e. The first kappa shape index (κ1) is 22.3. The van der Waals surface area contributed by atoms with Crippen molar-refractivity contribution in [3.63, 3.8) is 0 Å². The van der Waals surface area contributed by atoms with Gasteiger partial charge >= 0.3 is 5.97 Å². The van der Waals surface area contributed by atoms with Crippen molar-refractivity contribution >= 4 is 21.9 Å². The van der Waals surface area contributed by atoms with Crippen molar-refractivity contribution in [2.24, 2.45) is 0 Å². The molecule has 10 heteroatoms. The number of carboxylic acid groups (broad SMARTS) is 1. The highest BCUT2D eigenvalue weighted by molar-refractivity contribution is 7.88. The highest BCUT2D eigenvalue weighted by Gasteiger charge is 2.29. The highest BCUT2D eigenvalue weighted by atomic mass is 32.2. The van der Waals surface area contributed by atoms with E-state index in [0.29, 0.717) is 32.8 Å². The molecule has 0 spiro atoms. The molecule has 1 aliphatic heterocycles. The minimum atomic E-state index is -3.67. The van der Waals surface area contributed by atoms with Crippen LogP contribution in [0.25, 0.3) is 0 Å². The molecule has 26 heavy (non-hydrogen) atoms. The van der Waals surface area contributed by atoms with Gasteiger partial charge in [-0.05, 0) is 0 Å². The molecule has 0 aromatic carbocycles. The van der Waals surface area contributed by atoms with Crippen molar-refractivity contribution in [1.29, 1.82) is 0 Å². The van der Waals surface area contributed by atoms with Gasteiger partial charge in [-0.2, -0.15) is 4.31 Å². The molecule has 0 saturated carbocycles. The van der Waals surface area contributed by atoms with Gasteiger partial charge in [0.15, 0.2) is 0 Å². The Morgan fingerprint density at radius 3 is 2.42 bits per heavy atom. The molecule has 1 aliphatic rings. The number of aliphatic carboxylic acids is 1. The molecule has 1 atom stereocenters. The Kier molecular flexibility index (Phi) is 8.93. The summed E-state index contributed by atoms with van der Waals surface area (Å²) >= 11 is 0. The fourth-order valence-electron chi connectivity index (χ4n) is 2.61. The Morgan fingerprint density at radius 2 is 1.92 bits per heavy atom. The standard InChI is InChI=1S/C16H27N3O6S/c1-4-6-18(7-5-2)15(20)12-17-8-9-25-14(10-17)11-19(13-16(21)22)26(3,23)24/h4-5,14H,1-2,6-13H2,3H3,(H,21,22). The van der Waals surface area contributed by atoms with Gasteiger partial charge in [0, 0.05) is 32.7 Å². The first-order valence-corrected chi connectivity index (χ1v) is 10.0. The van der Waals surface area contributed by atoms with Crippen LogP contribution in [0.3, 0.4) is 0 Å². The number of rotatable bonds is 11. The average Bonchev–Trinajstić information content (AvgIpc) is 2.53. The van der Waals surface area contributed by atoms with Gasteiger partial charge in [-0.1, -0.05) is 12.2 Å². The maximum atomic E-state index is 12.4. The summed E-state index contributed by atoms with van der Waals surface area (Å²) in [5.74, 6) is -1.32. The fraction of sp³-hybridized carbons (Fsp3) is 0.625. The lowest BCUT2D eigenvalue weighted by atomic mass is 10.2. The third-order valence-corrected chi connectivity index (χ3v) is 5.04. The minimum Gasteiger partial charge on any atom is -0.480 e. The average molecular weight is 389 g/mol. The zero-order valence-corrected chi connectivity index (χ0v) is 15.9. The predicted molar refractivity (Wildman–Crippen MR) is 97.2 cm³/mol. The van der Waals surface area contributed by atoms with Crippen molar-refractivity contribution in [1.82, 2.24) is 14.1 Å². The van der Waals surface area contributed by atoms with Gasteiger partial charge in [0.05, 0.1) is 25.5 Å². The SMILES string of the molecule is C=CCN(CC=C)C(=O)CN1CCOC(CN(CC(=O)O)S(C)(=O)=O)C1. The van der Waals surface area contributed by atoms with E-state index >= 15 is 0 Å². The molecule has 0 radical (unpaired) electrons. The Balaban J connectivity index is 2.67. The van der Waals surface area contributed by atoms with E-state index in [1.54, 1.807) is 17.1 Å². The number of amides is 1. The third kappa shape index (κ3) is 7.65. The van der Waals surface area contributed by atoms with Gasteiger partial charge < -0.3 is 14.7 Å². The highest BCUT2D eigenvalue weighted by Crippen LogP contribution is 2.10. The van der Waals surface area contributed by atoms with E-state index in [-0.39, 0.29) is 19.0 Å². The van der Waals surface area contributed by atoms with Gasteiger partial charge in [0.1, 0.15) is 6.54 Å². The van der Waals surface area contributed by atoms with E-state index in [2.05, 4.69) is 13.2 Å². The van der Waals surface area contributed by atoms with Crippen LogP contribution < -0.4 is 0 Å². The van der Waals surface area contributed by atoms with Gasteiger partial charge in [0.2, 0.25) is 15.9 Å². The van der Waals surface area contributed by atoms with Crippen molar-refractivity contribution in [2.75, 3.05) is 58.7 Å². The van der Waals surface area contributed by atoms with Crippen LogP contribution >= 0.6 is 0 Å². The largest absolute Gasteiger partial charge is 0.480 e. The molecule has 1 amide bonds. The summed E-state index contributed by atoms with van der Waals surface area (Å²) < 4.78 is 29.9. The number of ether oxygens (including phenoxy) is 1. The molecule has 9 nitrogen and oxygen atoms in total. The Hall–Kier alpha value is -1.75. The molecule has 1 saturated heterocycles. The zero-order chi connectivity index (χ0) is 19.7. The number of sulfonamides is 1. The van der Waals surface area contributed by atoms with Crippen LogP contribution in [0.5, 0.6) is 0 Å². The number of nitrogens with zero attached hydrogens (tertiary/aromatic N) is 3. The van der Waals surface area contributed by atoms with Crippen LogP contribution in [0.15, 0.2) is 25.3 Å². The zero-order valence-electron chi connectivity index (χ0n) is 15.0. The van der Waals surface area contributed by atoms with Crippen LogP contribution in [0.1, 0.15) is 0 Å². The lowest BCUT2D eigenvalue weighted by molar-refractivity contribution is -0.137. The lowest BCUT2D eigenvalue weighted by Gasteiger charge is -2.35. The molecule has 0 aromatic heterocycles. The van der Waals surface area contributed by atoms with Crippen molar-refractivity contribution in [3.8, 4) is 0 Å². The number of carbonyl (C=O) groups excluding carboxylic acids is 1. The molecule has 1 heterocycles. The second-order valence-corrected chi connectivity index (χ2v) is 8.04. The molecule has 1 N–H and O–H groups in total. The first-order chi connectivity index (χ1) is 12.2. The van der Waals surface area contributed by atoms with Crippen molar-refractivity contribution < 1.29 is 27.9 Å². The number of hydrogen-bond donors (Lipinski definition) is 1. The van der Waals surface area contributed by atoms with Gasteiger partial charge in [0.25, 0.3) is 0 Å². The quantitative estimate of drug-likeness (QED) is 0.463. The Bertz CT molecular complexity index is 611. The van der Waals surface area contributed by atoms with Crippen molar-refractivity contribution in [3.05, 3.63) is 25.3 Å². The maximum Gasteiger partial charge on any atom is 0.318 e. The summed E-state index contributed by atoms with van der Waals surface area (Å²) in [6.45, 7) is 8.79. The van der Waals surface area contributed by atoms with E-state index in [4.69, 9.17) is 9.84 Å². The minimum absolute atomic E-state index is 0.0706. The Labute approximate surface area is 154 Å². The molecule has 0 aromatic rings. The van der Waals surface area contributed by atoms with E-state index in [9.17, 15) is 18.0 Å². The fourth-order valence-corrected chi connectivity index (χ4v) is 3.39. The Morgan fingerprint density at radius 1 is 1.31 bits per heavy atom. The van der Waals surface area contributed by atoms with Crippen LogP contribution in [-0.2, 0) is 24.3 Å². The lowest BCUT2D eigenvalue weighted by Crippen LogP contribution is -2.52.